The Balaban J connectivity index is 1.58. The van der Waals surface area contributed by atoms with Gasteiger partial charge in [-0.25, -0.2) is 4.98 Å². The largest absolute Gasteiger partial charge is 0.403 e. The van der Waals surface area contributed by atoms with Gasteiger partial charge in [-0.05, 0) is 27.5 Å². The first-order chi connectivity index (χ1) is 16.9. The van der Waals surface area contributed by atoms with E-state index in [0.29, 0.717) is 5.13 Å². The lowest BCUT2D eigenvalue weighted by atomic mass is 10.1. The van der Waals surface area contributed by atoms with Gasteiger partial charge in [0.15, 0.2) is 5.13 Å². The molecule has 0 bridgehead atoms. The summed E-state index contributed by atoms with van der Waals surface area (Å²) in [5.74, 6) is 0. The van der Waals surface area contributed by atoms with Crippen LogP contribution >= 0.6 is 11.3 Å². The van der Waals surface area contributed by atoms with Crippen LogP contribution in [0, 0.1) is 0 Å². The van der Waals surface area contributed by atoms with Crippen molar-refractivity contribution in [1.82, 2.24) is 4.98 Å². The Hall–Kier alpha value is -2.93. The fourth-order valence-electron chi connectivity index (χ4n) is 5.46. The lowest BCUT2D eigenvalue weighted by Crippen LogP contribution is -2.67. The Morgan fingerprint density at radius 3 is 1.91 bits per heavy atom. The molecule has 0 radical (unpaired) electrons. The van der Waals surface area contributed by atoms with Crippen LogP contribution < -0.4 is 21.0 Å². The van der Waals surface area contributed by atoms with Crippen LogP contribution in [0.2, 0.25) is 5.04 Å². The molecule has 6 heteroatoms. The van der Waals surface area contributed by atoms with Gasteiger partial charge in [0.05, 0.1) is 17.8 Å². The first-order valence-electron chi connectivity index (χ1n) is 12.2. The van der Waals surface area contributed by atoms with Gasteiger partial charge in [-0.15, -0.1) is 11.3 Å². The van der Waals surface area contributed by atoms with Gasteiger partial charge < -0.3 is 15.1 Å². The quantitative estimate of drug-likeness (QED) is 0.350. The number of aromatic nitrogens is 1. The van der Waals surface area contributed by atoms with Crippen LogP contribution in [0.4, 0.5) is 10.8 Å². The van der Waals surface area contributed by atoms with Crippen molar-refractivity contribution in [3.05, 3.63) is 102 Å². The van der Waals surface area contributed by atoms with E-state index < -0.39 is 8.32 Å². The number of thiazole rings is 1. The van der Waals surface area contributed by atoms with Gasteiger partial charge in [-0.3, -0.25) is 0 Å². The van der Waals surface area contributed by atoms with Gasteiger partial charge in [0, 0.05) is 24.0 Å². The summed E-state index contributed by atoms with van der Waals surface area (Å²) in [7, 11) is -2.64. The summed E-state index contributed by atoms with van der Waals surface area (Å²) in [5.41, 5.74) is 8.26. The number of nitrogen functional groups attached to an aromatic ring is 1. The maximum Gasteiger partial charge on any atom is 0.261 e. The van der Waals surface area contributed by atoms with Crippen LogP contribution in [0.3, 0.4) is 0 Å². The van der Waals surface area contributed by atoms with E-state index in [9.17, 15) is 0 Å². The average Bonchev–Trinajstić information content (AvgIpc) is 3.49. The molecule has 5 rings (SSSR count). The molecule has 1 saturated heterocycles. The van der Waals surface area contributed by atoms with E-state index in [-0.39, 0.29) is 17.2 Å². The molecular formula is C29H33N3OSSi. The minimum Gasteiger partial charge on any atom is -0.403 e. The molecule has 0 unspecified atom stereocenters. The third-order valence-corrected chi connectivity index (χ3v) is 12.8. The zero-order valence-electron chi connectivity index (χ0n) is 20.6. The first-order valence-corrected chi connectivity index (χ1v) is 15.0. The standard InChI is InChI=1S/C29H33N3OSSi/c1-29(2,3)35(24-15-9-5-10-16-24,25-17-11-6-12-18-25)33-23-19-27(26-21-34-28(30)31-26)32(20-23)22-13-7-4-8-14-22/h4-18,21,23,27H,19-20H2,1-3H3,(H2,30,31)/t23-,27+/m0/s1. The third-order valence-electron chi connectivity index (χ3n) is 6.99. The second-order valence-electron chi connectivity index (χ2n) is 10.3. The van der Waals surface area contributed by atoms with Crippen LogP contribution in [-0.4, -0.2) is 26.0 Å². The van der Waals surface area contributed by atoms with Crippen molar-refractivity contribution >= 4 is 40.8 Å². The fourth-order valence-corrected chi connectivity index (χ4v) is 10.8. The van der Waals surface area contributed by atoms with Gasteiger partial charge in [-0.1, -0.05) is 99.6 Å². The Morgan fingerprint density at radius 2 is 1.43 bits per heavy atom. The number of hydrogen-bond acceptors (Lipinski definition) is 5. The molecule has 35 heavy (non-hydrogen) atoms. The molecule has 0 spiro atoms. The van der Waals surface area contributed by atoms with Gasteiger partial charge in [0.2, 0.25) is 0 Å². The molecule has 180 valence electrons. The summed E-state index contributed by atoms with van der Waals surface area (Å²) in [5, 5.41) is 5.28. The summed E-state index contributed by atoms with van der Waals surface area (Å²) in [6.07, 6.45) is 0.942. The van der Waals surface area contributed by atoms with Gasteiger partial charge >= 0.3 is 0 Å². The summed E-state index contributed by atoms with van der Waals surface area (Å²) in [4.78, 5) is 7.12. The normalized spacial score (nSPS) is 18.7. The monoisotopic (exact) mass is 499 g/mol. The lowest BCUT2D eigenvalue weighted by molar-refractivity contribution is 0.205. The van der Waals surface area contributed by atoms with Crippen molar-refractivity contribution in [2.24, 2.45) is 0 Å². The molecule has 1 aromatic heterocycles. The molecule has 2 atom stereocenters. The maximum absolute atomic E-state index is 7.49. The smallest absolute Gasteiger partial charge is 0.261 e. The lowest BCUT2D eigenvalue weighted by Gasteiger charge is -2.44. The molecule has 2 N–H and O–H groups in total. The molecule has 0 amide bonds. The molecule has 2 heterocycles. The van der Waals surface area contributed by atoms with Crippen molar-refractivity contribution in [2.75, 3.05) is 17.2 Å². The molecule has 4 aromatic rings. The third kappa shape index (κ3) is 4.54. The molecular weight excluding hydrogens is 466 g/mol. The number of anilines is 2. The Bertz CT molecular complexity index is 1200. The van der Waals surface area contributed by atoms with Crippen molar-refractivity contribution in [1.29, 1.82) is 0 Å². The predicted octanol–water partition coefficient (Wildman–Crippen LogP) is 5.62. The minimum atomic E-state index is -2.64. The summed E-state index contributed by atoms with van der Waals surface area (Å²) in [6, 6.07) is 32.5. The number of hydrogen-bond donors (Lipinski definition) is 1. The Kier molecular flexibility index (Phi) is 6.53. The van der Waals surface area contributed by atoms with Gasteiger partial charge in [-0.2, -0.15) is 0 Å². The second kappa shape index (κ2) is 9.61. The van der Waals surface area contributed by atoms with E-state index in [1.807, 2.05) is 0 Å². The van der Waals surface area contributed by atoms with Crippen LogP contribution in [0.25, 0.3) is 0 Å². The molecule has 0 saturated carbocycles. The molecule has 0 aliphatic carbocycles. The fraction of sp³-hybridized carbons (Fsp3) is 0.276. The summed E-state index contributed by atoms with van der Waals surface area (Å²) >= 11 is 1.51. The zero-order valence-corrected chi connectivity index (χ0v) is 22.4. The van der Waals surface area contributed by atoms with Crippen molar-refractivity contribution < 1.29 is 4.43 Å². The molecule has 1 aliphatic heterocycles. The van der Waals surface area contributed by atoms with Crippen molar-refractivity contribution in [2.45, 2.75) is 44.4 Å². The van der Waals surface area contributed by atoms with Crippen molar-refractivity contribution in [3.63, 3.8) is 0 Å². The van der Waals surface area contributed by atoms with E-state index in [0.717, 1.165) is 18.7 Å². The number of rotatable bonds is 6. The van der Waals surface area contributed by atoms with Crippen LogP contribution in [0.5, 0.6) is 0 Å². The van der Waals surface area contributed by atoms with E-state index in [4.69, 9.17) is 10.2 Å². The van der Waals surface area contributed by atoms with Crippen LogP contribution in [-0.2, 0) is 4.43 Å². The van der Waals surface area contributed by atoms with Gasteiger partial charge in [0.1, 0.15) is 0 Å². The Morgan fingerprint density at radius 1 is 0.886 bits per heavy atom. The van der Waals surface area contributed by atoms with Crippen LogP contribution in [0.1, 0.15) is 38.9 Å². The number of para-hydroxylation sites is 1. The molecule has 1 aliphatic rings. The molecule has 1 fully saturated rings. The topological polar surface area (TPSA) is 51.4 Å². The minimum absolute atomic E-state index is 0.0591. The average molecular weight is 500 g/mol. The molecule has 3 aromatic carbocycles. The first kappa shape index (κ1) is 23.8. The number of nitrogens with zero attached hydrogens (tertiary/aromatic N) is 2. The van der Waals surface area contributed by atoms with Gasteiger partial charge in [0.25, 0.3) is 8.32 Å². The highest BCUT2D eigenvalue weighted by molar-refractivity contribution is 7.13. The number of benzene rings is 3. The van der Waals surface area contributed by atoms with E-state index in [1.54, 1.807) is 0 Å². The molecule has 4 nitrogen and oxygen atoms in total. The van der Waals surface area contributed by atoms with E-state index in [1.165, 1.54) is 27.4 Å². The summed E-state index contributed by atoms with van der Waals surface area (Å²) < 4.78 is 7.49. The Labute approximate surface area is 213 Å². The van der Waals surface area contributed by atoms with E-state index in [2.05, 4.69) is 127 Å². The second-order valence-corrected chi connectivity index (χ2v) is 15.4. The maximum atomic E-state index is 7.49. The van der Waals surface area contributed by atoms with E-state index >= 15 is 0 Å². The van der Waals surface area contributed by atoms with Crippen LogP contribution in [0.15, 0.2) is 96.4 Å². The SMILES string of the molecule is CC(C)(C)[Si](O[C@H]1C[C@H](c2csc(N)n2)N(c2ccccc2)C1)(c1ccccc1)c1ccccc1. The highest BCUT2D eigenvalue weighted by Gasteiger charge is 2.52. The number of nitrogens with two attached hydrogens (primary N) is 1. The van der Waals surface area contributed by atoms with Crippen molar-refractivity contribution in [3.8, 4) is 0 Å². The zero-order chi connectivity index (χ0) is 24.5. The summed E-state index contributed by atoms with van der Waals surface area (Å²) in [6.45, 7) is 7.82. The highest BCUT2D eigenvalue weighted by atomic mass is 32.1. The predicted molar refractivity (Wildman–Crippen MR) is 150 cm³/mol. The highest BCUT2D eigenvalue weighted by Crippen LogP contribution is 2.43.